The number of aromatic nitrogens is 2. The molecule has 0 atom stereocenters. The molecule has 2 heterocycles. The molecule has 1 aliphatic rings. The van der Waals surface area contributed by atoms with Crippen molar-refractivity contribution in [3.05, 3.63) is 96.6 Å². The first-order valence-electron chi connectivity index (χ1n) is 10.7. The van der Waals surface area contributed by atoms with Crippen LogP contribution in [0.25, 0.3) is 27.5 Å². The minimum atomic E-state index is -3.75. The third-order valence-corrected chi connectivity index (χ3v) is 7.35. The van der Waals surface area contributed by atoms with Crippen molar-refractivity contribution < 1.29 is 8.42 Å². The molecule has 1 N–H and O–H groups in total. The molecule has 3 aromatic carbocycles. The molecule has 5 nitrogen and oxygen atoms in total. The van der Waals surface area contributed by atoms with Gasteiger partial charge in [0.2, 0.25) is 0 Å². The van der Waals surface area contributed by atoms with Gasteiger partial charge in [-0.25, -0.2) is 12.9 Å². The van der Waals surface area contributed by atoms with Gasteiger partial charge in [0.25, 0.3) is 10.0 Å². The normalized spacial score (nSPS) is 14.1. The van der Waals surface area contributed by atoms with Crippen LogP contribution in [0.4, 0.5) is 5.82 Å². The van der Waals surface area contributed by atoms with Crippen molar-refractivity contribution >= 4 is 32.1 Å². The van der Waals surface area contributed by atoms with Crippen molar-refractivity contribution in [2.75, 3.05) is 4.72 Å². The molecular weight excluding hydrogens is 418 g/mol. The third kappa shape index (κ3) is 3.15. The molecule has 5 aromatic rings. The maximum Gasteiger partial charge on any atom is 0.263 e. The van der Waals surface area contributed by atoms with Crippen LogP contribution in [0.5, 0.6) is 0 Å². The summed E-state index contributed by atoms with van der Waals surface area (Å²) in [5, 5.41) is 7.02. The number of nitrogens with zero attached hydrogens (tertiary/aromatic N) is 2. The van der Waals surface area contributed by atoms with Crippen molar-refractivity contribution in [3.63, 3.8) is 0 Å². The predicted molar refractivity (Wildman–Crippen MR) is 127 cm³/mol. The zero-order valence-electron chi connectivity index (χ0n) is 17.3. The van der Waals surface area contributed by atoms with E-state index in [0.29, 0.717) is 11.7 Å². The lowest BCUT2D eigenvalue weighted by molar-refractivity contribution is 0.601. The van der Waals surface area contributed by atoms with E-state index in [0.717, 1.165) is 46.0 Å². The smallest absolute Gasteiger partial charge is 0.262 e. The monoisotopic (exact) mass is 439 g/mol. The molecule has 0 amide bonds. The summed E-state index contributed by atoms with van der Waals surface area (Å²) >= 11 is 0. The van der Waals surface area contributed by atoms with E-state index in [1.165, 1.54) is 0 Å². The highest BCUT2D eigenvalue weighted by atomic mass is 32.2. The number of pyridine rings is 1. The van der Waals surface area contributed by atoms with Crippen LogP contribution in [0, 0.1) is 0 Å². The van der Waals surface area contributed by atoms with Crippen molar-refractivity contribution in [3.8, 4) is 11.3 Å². The summed E-state index contributed by atoms with van der Waals surface area (Å²) in [5.41, 5.74) is 3.94. The Bertz CT molecular complexity index is 1560. The van der Waals surface area contributed by atoms with Gasteiger partial charge in [-0.05, 0) is 42.3 Å². The molecule has 2 aromatic heterocycles. The van der Waals surface area contributed by atoms with Crippen LogP contribution in [-0.4, -0.2) is 18.0 Å². The number of rotatable bonds is 5. The summed E-state index contributed by atoms with van der Waals surface area (Å²) in [4.78, 5) is 0.229. The molecule has 6 rings (SSSR count). The second-order valence-corrected chi connectivity index (χ2v) is 9.88. The summed E-state index contributed by atoms with van der Waals surface area (Å²) in [5.74, 6) is 0.722. The number of sulfonamides is 1. The molecule has 158 valence electrons. The Morgan fingerprint density at radius 1 is 0.844 bits per heavy atom. The number of hydrogen-bond donors (Lipinski definition) is 1. The van der Waals surface area contributed by atoms with Crippen molar-refractivity contribution in [2.24, 2.45) is 0 Å². The first-order valence-corrected chi connectivity index (χ1v) is 12.2. The van der Waals surface area contributed by atoms with Gasteiger partial charge in [-0.2, -0.15) is 0 Å². The predicted octanol–water partition coefficient (Wildman–Crippen LogP) is 5.83. The van der Waals surface area contributed by atoms with Crippen LogP contribution in [-0.2, 0) is 10.0 Å². The average Bonchev–Trinajstić information content (AvgIpc) is 3.60. The third-order valence-electron chi connectivity index (χ3n) is 6.00. The number of benzene rings is 3. The van der Waals surface area contributed by atoms with Crippen molar-refractivity contribution in [2.45, 2.75) is 23.7 Å². The molecule has 0 aliphatic heterocycles. The largest absolute Gasteiger partial charge is 0.263 e. The van der Waals surface area contributed by atoms with Crippen LogP contribution in [0.3, 0.4) is 0 Å². The molecular formula is C26H21N3O2S. The van der Waals surface area contributed by atoms with Crippen LogP contribution in [0.1, 0.15) is 24.3 Å². The van der Waals surface area contributed by atoms with E-state index in [1.54, 1.807) is 30.3 Å². The van der Waals surface area contributed by atoms with E-state index < -0.39 is 10.0 Å². The molecule has 32 heavy (non-hydrogen) atoms. The van der Waals surface area contributed by atoms with Gasteiger partial charge in [-0.15, -0.1) is 5.10 Å². The van der Waals surface area contributed by atoms with E-state index in [4.69, 9.17) is 5.10 Å². The second-order valence-electron chi connectivity index (χ2n) is 8.20. The van der Waals surface area contributed by atoms with E-state index in [-0.39, 0.29) is 4.90 Å². The Morgan fingerprint density at radius 2 is 1.50 bits per heavy atom. The van der Waals surface area contributed by atoms with Crippen LogP contribution >= 0.6 is 0 Å². The van der Waals surface area contributed by atoms with Gasteiger partial charge >= 0.3 is 0 Å². The minimum absolute atomic E-state index is 0.229. The quantitative estimate of drug-likeness (QED) is 0.375. The Labute approximate surface area is 186 Å². The minimum Gasteiger partial charge on any atom is -0.262 e. The van der Waals surface area contributed by atoms with Crippen LogP contribution in [0.2, 0.25) is 0 Å². The first kappa shape index (κ1) is 19.1. The van der Waals surface area contributed by atoms with Gasteiger partial charge in [-0.1, -0.05) is 72.8 Å². The highest BCUT2D eigenvalue weighted by molar-refractivity contribution is 7.92. The van der Waals surface area contributed by atoms with Gasteiger partial charge < -0.3 is 0 Å². The van der Waals surface area contributed by atoms with Gasteiger partial charge in [0, 0.05) is 16.5 Å². The highest BCUT2D eigenvalue weighted by Gasteiger charge is 2.33. The Kier molecular flexibility index (Phi) is 4.30. The van der Waals surface area contributed by atoms with E-state index >= 15 is 0 Å². The maximum absolute atomic E-state index is 13.1. The van der Waals surface area contributed by atoms with E-state index in [9.17, 15) is 8.42 Å². The Hall–Kier alpha value is -3.64. The van der Waals surface area contributed by atoms with Crippen molar-refractivity contribution in [1.29, 1.82) is 0 Å². The summed E-state index contributed by atoms with van der Waals surface area (Å²) in [6.45, 7) is 0. The first-order chi connectivity index (χ1) is 15.6. The lowest BCUT2D eigenvalue weighted by Gasteiger charge is -2.10. The topological polar surface area (TPSA) is 63.5 Å². The Balaban J connectivity index is 1.64. The average molecular weight is 440 g/mol. The van der Waals surface area contributed by atoms with Gasteiger partial charge in [-0.3, -0.25) is 4.72 Å². The fraction of sp³-hybridized carbons (Fsp3) is 0.115. The molecule has 0 unspecified atom stereocenters. The molecule has 6 heteroatoms. The lowest BCUT2D eigenvalue weighted by atomic mass is 10.0. The molecule has 0 bridgehead atoms. The fourth-order valence-electron chi connectivity index (χ4n) is 4.35. The summed E-state index contributed by atoms with van der Waals surface area (Å²) in [6, 6.07) is 28.9. The van der Waals surface area contributed by atoms with Gasteiger partial charge in [0.1, 0.15) is 0 Å². The number of hydrogen-bond acceptors (Lipinski definition) is 3. The number of fused-ring (bicyclic) bond motifs is 3. The molecule has 1 aliphatic carbocycles. The maximum atomic E-state index is 13.1. The zero-order chi connectivity index (χ0) is 21.7. The molecule has 0 spiro atoms. The molecule has 1 saturated carbocycles. The van der Waals surface area contributed by atoms with E-state index in [2.05, 4.69) is 35.1 Å². The highest BCUT2D eigenvalue weighted by Crippen LogP contribution is 2.48. The SMILES string of the molecule is O=S(=O)(Nc1nn2c(-c3ccccc3)cc3ccccc3c2c1C1CC1)c1ccccc1. The zero-order valence-corrected chi connectivity index (χ0v) is 18.1. The lowest BCUT2D eigenvalue weighted by Crippen LogP contribution is -2.14. The van der Waals surface area contributed by atoms with Crippen LogP contribution in [0.15, 0.2) is 95.9 Å². The molecule has 0 saturated heterocycles. The van der Waals surface area contributed by atoms with Gasteiger partial charge in [0.05, 0.1) is 16.1 Å². The number of nitrogens with one attached hydrogen (secondary N) is 1. The number of anilines is 1. The molecule has 1 fully saturated rings. The molecule has 0 radical (unpaired) electrons. The van der Waals surface area contributed by atoms with E-state index in [1.807, 2.05) is 34.8 Å². The summed E-state index contributed by atoms with van der Waals surface area (Å²) in [7, 11) is -3.75. The Morgan fingerprint density at radius 3 is 2.22 bits per heavy atom. The second kappa shape index (κ2) is 7.21. The summed E-state index contributed by atoms with van der Waals surface area (Å²) < 4.78 is 31.0. The van der Waals surface area contributed by atoms with Crippen molar-refractivity contribution in [1.82, 2.24) is 9.61 Å². The standard InChI is InChI=1S/C26H21N3O2S/c30-32(31,21-12-5-2-6-13-21)28-26-24(19-15-16-19)25-22-14-8-7-11-20(22)17-23(29(25)27-26)18-9-3-1-4-10-18/h1-14,17,19H,15-16H2,(H,27,28). The fourth-order valence-corrected chi connectivity index (χ4v) is 5.38. The van der Waals surface area contributed by atoms with Gasteiger partial charge in [0.15, 0.2) is 5.82 Å². The summed E-state index contributed by atoms with van der Waals surface area (Å²) in [6.07, 6.45) is 2.07. The van der Waals surface area contributed by atoms with Crippen LogP contribution < -0.4 is 4.72 Å².